The van der Waals surface area contributed by atoms with Gasteiger partial charge in [-0.2, -0.15) is 5.10 Å². The summed E-state index contributed by atoms with van der Waals surface area (Å²) >= 11 is 3.52. The van der Waals surface area contributed by atoms with Crippen molar-refractivity contribution in [3.63, 3.8) is 0 Å². The number of nitrogens with zero attached hydrogens (tertiary/aromatic N) is 3. The van der Waals surface area contributed by atoms with Crippen molar-refractivity contribution in [2.75, 3.05) is 0 Å². The zero-order valence-corrected chi connectivity index (χ0v) is 10.8. The first-order chi connectivity index (χ1) is 8.24. The van der Waals surface area contributed by atoms with Crippen LogP contribution in [0.15, 0.2) is 47.3 Å². The molecule has 1 aromatic carbocycles. The Kier molecular flexibility index (Phi) is 2.44. The Morgan fingerprint density at radius 2 is 2.12 bits per heavy atom. The summed E-state index contributed by atoms with van der Waals surface area (Å²) in [7, 11) is 0. The van der Waals surface area contributed by atoms with Crippen LogP contribution in [0.2, 0.25) is 0 Å². The Labute approximate surface area is 107 Å². The lowest BCUT2D eigenvalue weighted by atomic mass is 10.2. The van der Waals surface area contributed by atoms with Crippen LogP contribution in [0.5, 0.6) is 0 Å². The Hall–Kier alpha value is -1.68. The monoisotopic (exact) mass is 287 g/mol. The van der Waals surface area contributed by atoms with E-state index in [1.165, 1.54) is 0 Å². The first kappa shape index (κ1) is 10.5. The van der Waals surface area contributed by atoms with Gasteiger partial charge in [0.05, 0.1) is 6.20 Å². The van der Waals surface area contributed by atoms with Gasteiger partial charge in [0.25, 0.3) is 0 Å². The number of pyridine rings is 1. The van der Waals surface area contributed by atoms with Crippen molar-refractivity contribution in [1.82, 2.24) is 14.8 Å². The van der Waals surface area contributed by atoms with E-state index in [0.717, 1.165) is 26.6 Å². The highest BCUT2D eigenvalue weighted by atomic mass is 79.9. The Bertz CT molecular complexity index is 688. The van der Waals surface area contributed by atoms with Crippen LogP contribution in [0.1, 0.15) is 5.56 Å². The third kappa shape index (κ3) is 1.85. The summed E-state index contributed by atoms with van der Waals surface area (Å²) in [6.45, 7) is 2.02. The predicted octanol–water partition coefficient (Wildman–Crippen LogP) is 3.49. The lowest BCUT2D eigenvalue weighted by Crippen LogP contribution is -1.97. The standard InChI is InChI=1S/C13H10BrN3/c1-9-6-16-17(8-9)13-5-10-3-2-4-12(14)11(10)7-15-13/h2-8H,1H3. The third-order valence-electron chi connectivity index (χ3n) is 2.64. The van der Waals surface area contributed by atoms with Gasteiger partial charge in [-0.05, 0) is 30.0 Å². The molecule has 3 nitrogen and oxygen atoms in total. The Balaban J connectivity index is 2.20. The molecule has 0 amide bonds. The molecule has 0 aliphatic heterocycles. The van der Waals surface area contributed by atoms with Crippen LogP contribution in [0.4, 0.5) is 0 Å². The molecule has 84 valence electrons. The molecule has 0 fully saturated rings. The molecule has 3 rings (SSSR count). The van der Waals surface area contributed by atoms with Crippen LogP contribution in [0, 0.1) is 6.92 Å². The molecule has 0 aliphatic rings. The van der Waals surface area contributed by atoms with Gasteiger partial charge in [-0.3, -0.25) is 0 Å². The van der Waals surface area contributed by atoms with Crippen molar-refractivity contribution in [3.8, 4) is 5.82 Å². The highest BCUT2D eigenvalue weighted by Crippen LogP contribution is 2.24. The van der Waals surface area contributed by atoms with Crippen LogP contribution in [-0.4, -0.2) is 14.8 Å². The largest absolute Gasteiger partial charge is 0.236 e. The van der Waals surface area contributed by atoms with Gasteiger partial charge in [-0.1, -0.05) is 28.1 Å². The number of fused-ring (bicyclic) bond motifs is 1. The normalized spacial score (nSPS) is 10.9. The van der Waals surface area contributed by atoms with E-state index in [-0.39, 0.29) is 0 Å². The fraction of sp³-hybridized carbons (Fsp3) is 0.0769. The van der Waals surface area contributed by atoms with Crippen LogP contribution in [0.3, 0.4) is 0 Å². The molecular formula is C13H10BrN3. The fourth-order valence-corrected chi connectivity index (χ4v) is 2.27. The minimum absolute atomic E-state index is 0.837. The van der Waals surface area contributed by atoms with Crippen molar-refractivity contribution < 1.29 is 0 Å². The van der Waals surface area contributed by atoms with E-state index in [2.05, 4.69) is 32.1 Å². The van der Waals surface area contributed by atoms with E-state index < -0.39 is 0 Å². The second-order valence-electron chi connectivity index (χ2n) is 3.97. The molecule has 0 bridgehead atoms. The van der Waals surface area contributed by atoms with Crippen molar-refractivity contribution in [2.45, 2.75) is 6.92 Å². The fourth-order valence-electron chi connectivity index (χ4n) is 1.79. The Morgan fingerprint density at radius 1 is 1.24 bits per heavy atom. The third-order valence-corrected chi connectivity index (χ3v) is 3.34. The van der Waals surface area contributed by atoms with E-state index in [0.29, 0.717) is 0 Å². The minimum atomic E-state index is 0.837. The molecule has 0 saturated heterocycles. The summed E-state index contributed by atoms with van der Waals surface area (Å²) in [6.07, 6.45) is 5.66. The van der Waals surface area contributed by atoms with Crippen LogP contribution in [-0.2, 0) is 0 Å². The van der Waals surface area contributed by atoms with E-state index in [4.69, 9.17) is 0 Å². The Morgan fingerprint density at radius 3 is 2.88 bits per heavy atom. The molecular weight excluding hydrogens is 278 g/mol. The summed E-state index contributed by atoms with van der Waals surface area (Å²) in [4.78, 5) is 4.42. The number of aryl methyl sites for hydroxylation is 1. The maximum absolute atomic E-state index is 4.42. The van der Waals surface area contributed by atoms with Crippen molar-refractivity contribution in [3.05, 3.63) is 52.9 Å². The first-order valence-electron chi connectivity index (χ1n) is 5.30. The molecule has 0 atom stereocenters. The number of rotatable bonds is 1. The molecule has 2 heterocycles. The molecule has 0 radical (unpaired) electrons. The summed E-state index contributed by atoms with van der Waals surface area (Å²) in [5, 5.41) is 6.52. The topological polar surface area (TPSA) is 30.7 Å². The summed E-state index contributed by atoms with van der Waals surface area (Å²) in [6, 6.07) is 8.14. The summed E-state index contributed by atoms with van der Waals surface area (Å²) < 4.78 is 2.85. The first-order valence-corrected chi connectivity index (χ1v) is 6.09. The molecule has 4 heteroatoms. The molecule has 0 aliphatic carbocycles. The molecule has 0 unspecified atom stereocenters. The van der Waals surface area contributed by atoms with Crippen molar-refractivity contribution >= 4 is 26.7 Å². The van der Waals surface area contributed by atoms with Gasteiger partial charge in [0, 0.05) is 22.3 Å². The zero-order chi connectivity index (χ0) is 11.8. The van der Waals surface area contributed by atoms with Gasteiger partial charge in [-0.25, -0.2) is 9.67 Å². The highest BCUT2D eigenvalue weighted by molar-refractivity contribution is 9.10. The average molecular weight is 288 g/mol. The lowest BCUT2D eigenvalue weighted by molar-refractivity contribution is 0.849. The average Bonchev–Trinajstić information content (AvgIpc) is 2.76. The maximum atomic E-state index is 4.42. The van der Waals surface area contributed by atoms with Gasteiger partial charge in [0.1, 0.15) is 0 Å². The smallest absolute Gasteiger partial charge is 0.153 e. The van der Waals surface area contributed by atoms with Crippen molar-refractivity contribution in [2.24, 2.45) is 0 Å². The SMILES string of the molecule is Cc1cnn(-c2cc3cccc(Br)c3cn2)c1. The number of halogens is 1. The number of aromatic nitrogens is 3. The van der Waals surface area contributed by atoms with Crippen LogP contribution >= 0.6 is 15.9 Å². The van der Waals surface area contributed by atoms with E-state index in [9.17, 15) is 0 Å². The predicted molar refractivity (Wildman–Crippen MR) is 71.3 cm³/mol. The second-order valence-corrected chi connectivity index (χ2v) is 4.82. The van der Waals surface area contributed by atoms with Gasteiger partial charge in [0.15, 0.2) is 5.82 Å². The maximum Gasteiger partial charge on any atom is 0.153 e. The number of hydrogen-bond donors (Lipinski definition) is 0. The van der Waals surface area contributed by atoms with Gasteiger partial charge in [-0.15, -0.1) is 0 Å². The summed E-state index contributed by atoms with van der Waals surface area (Å²) in [5.41, 5.74) is 1.13. The summed E-state index contributed by atoms with van der Waals surface area (Å²) in [5.74, 6) is 0.837. The molecule has 0 spiro atoms. The van der Waals surface area contributed by atoms with Gasteiger partial charge < -0.3 is 0 Å². The molecule has 0 saturated carbocycles. The number of hydrogen-bond acceptors (Lipinski definition) is 2. The lowest BCUT2D eigenvalue weighted by Gasteiger charge is -2.03. The van der Waals surface area contributed by atoms with Crippen LogP contribution in [0.25, 0.3) is 16.6 Å². The van der Waals surface area contributed by atoms with Gasteiger partial charge >= 0.3 is 0 Å². The van der Waals surface area contributed by atoms with E-state index in [1.807, 2.05) is 43.7 Å². The highest BCUT2D eigenvalue weighted by Gasteiger charge is 2.03. The quantitative estimate of drug-likeness (QED) is 0.686. The van der Waals surface area contributed by atoms with Crippen LogP contribution < -0.4 is 0 Å². The molecule has 3 aromatic rings. The van der Waals surface area contributed by atoms with Gasteiger partial charge in [0.2, 0.25) is 0 Å². The number of benzene rings is 1. The minimum Gasteiger partial charge on any atom is -0.236 e. The van der Waals surface area contributed by atoms with E-state index >= 15 is 0 Å². The molecule has 17 heavy (non-hydrogen) atoms. The zero-order valence-electron chi connectivity index (χ0n) is 9.26. The van der Waals surface area contributed by atoms with E-state index in [1.54, 1.807) is 4.68 Å². The molecule has 2 aromatic heterocycles. The second kappa shape index (κ2) is 3.96. The molecule has 0 N–H and O–H groups in total. The van der Waals surface area contributed by atoms with Crippen molar-refractivity contribution in [1.29, 1.82) is 0 Å².